The summed E-state index contributed by atoms with van der Waals surface area (Å²) in [6, 6.07) is 6.90. The summed E-state index contributed by atoms with van der Waals surface area (Å²) in [6.07, 6.45) is 5.36. The molecule has 1 aromatic carbocycles. The van der Waals surface area contributed by atoms with E-state index in [0.29, 0.717) is 0 Å². The molecule has 1 aromatic rings. The van der Waals surface area contributed by atoms with Crippen molar-refractivity contribution in [2.45, 2.75) is 12.5 Å². The molecule has 0 saturated carbocycles. The average molecular weight is 214 g/mol. The summed E-state index contributed by atoms with van der Waals surface area (Å²) in [5.41, 5.74) is 1.12. The van der Waals surface area contributed by atoms with Crippen LogP contribution in [0, 0.1) is 5.82 Å². The maximum Gasteiger partial charge on any atom is 0.123 e. The van der Waals surface area contributed by atoms with Gasteiger partial charge >= 0.3 is 0 Å². The zero-order valence-electron chi connectivity index (χ0n) is 7.74. The van der Waals surface area contributed by atoms with Crippen LogP contribution in [0.1, 0.15) is 18.0 Å². The van der Waals surface area contributed by atoms with E-state index in [-0.39, 0.29) is 24.3 Å². The third-order valence-electron chi connectivity index (χ3n) is 2.23. The van der Waals surface area contributed by atoms with E-state index in [1.54, 1.807) is 0 Å². The van der Waals surface area contributed by atoms with Crippen molar-refractivity contribution in [2.75, 3.05) is 6.54 Å². The highest BCUT2D eigenvalue weighted by Gasteiger charge is 2.08. The molecule has 76 valence electrons. The van der Waals surface area contributed by atoms with Crippen LogP contribution < -0.4 is 5.32 Å². The molecule has 1 heterocycles. The van der Waals surface area contributed by atoms with E-state index in [0.717, 1.165) is 18.5 Å². The van der Waals surface area contributed by atoms with Crippen molar-refractivity contribution in [1.29, 1.82) is 0 Å². The lowest BCUT2D eigenvalue weighted by Crippen LogP contribution is -2.23. The smallest absolute Gasteiger partial charge is 0.123 e. The molecule has 2 rings (SSSR count). The summed E-state index contributed by atoms with van der Waals surface area (Å²) < 4.78 is 12.6. The first-order chi connectivity index (χ1) is 6.36. The van der Waals surface area contributed by atoms with Crippen molar-refractivity contribution < 1.29 is 4.39 Å². The third kappa shape index (κ3) is 2.56. The minimum Gasteiger partial charge on any atom is -0.306 e. The monoisotopic (exact) mass is 213 g/mol. The van der Waals surface area contributed by atoms with Gasteiger partial charge in [0.15, 0.2) is 0 Å². The third-order valence-corrected chi connectivity index (χ3v) is 2.23. The van der Waals surface area contributed by atoms with Crippen LogP contribution in [-0.2, 0) is 0 Å². The molecule has 1 unspecified atom stereocenters. The Bertz CT molecular complexity index is 308. The van der Waals surface area contributed by atoms with Gasteiger partial charge in [-0.05, 0) is 30.7 Å². The van der Waals surface area contributed by atoms with Crippen molar-refractivity contribution in [3.63, 3.8) is 0 Å². The van der Waals surface area contributed by atoms with Crippen molar-refractivity contribution in [2.24, 2.45) is 0 Å². The van der Waals surface area contributed by atoms with Crippen LogP contribution >= 0.6 is 12.4 Å². The summed E-state index contributed by atoms with van der Waals surface area (Å²) >= 11 is 0. The first-order valence-electron chi connectivity index (χ1n) is 4.52. The Morgan fingerprint density at radius 1 is 1.21 bits per heavy atom. The van der Waals surface area contributed by atoms with Crippen molar-refractivity contribution in [3.8, 4) is 0 Å². The van der Waals surface area contributed by atoms with Crippen molar-refractivity contribution >= 4 is 12.4 Å². The van der Waals surface area contributed by atoms with E-state index in [4.69, 9.17) is 0 Å². The highest BCUT2D eigenvalue weighted by molar-refractivity contribution is 5.85. The predicted octanol–water partition coefficient (Wildman–Crippen LogP) is 2.84. The summed E-state index contributed by atoms with van der Waals surface area (Å²) in [5, 5.41) is 3.35. The topological polar surface area (TPSA) is 12.0 Å². The molecule has 1 aliphatic heterocycles. The molecule has 0 radical (unpaired) electrons. The molecule has 0 bridgehead atoms. The average Bonchev–Trinajstić information content (AvgIpc) is 2.20. The summed E-state index contributed by atoms with van der Waals surface area (Å²) in [6.45, 7) is 0.999. The first kappa shape index (κ1) is 11.2. The Labute approximate surface area is 89.4 Å². The quantitative estimate of drug-likeness (QED) is 0.708. The van der Waals surface area contributed by atoms with Crippen LogP contribution in [0.2, 0.25) is 0 Å². The maximum atomic E-state index is 12.6. The van der Waals surface area contributed by atoms with Gasteiger partial charge in [0.1, 0.15) is 5.82 Å². The molecule has 0 amide bonds. The molecular formula is C11H13ClFN. The number of hydrogen-bond donors (Lipinski definition) is 1. The van der Waals surface area contributed by atoms with E-state index in [1.807, 2.05) is 12.1 Å². The Morgan fingerprint density at radius 2 is 1.93 bits per heavy atom. The van der Waals surface area contributed by atoms with Gasteiger partial charge in [-0.3, -0.25) is 0 Å². The summed E-state index contributed by atoms with van der Waals surface area (Å²) in [7, 11) is 0. The van der Waals surface area contributed by atoms with Gasteiger partial charge in [-0.1, -0.05) is 24.3 Å². The number of halogens is 2. The molecule has 0 spiro atoms. The van der Waals surface area contributed by atoms with Crippen molar-refractivity contribution in [1.82, 2.24) is 5.32 Å². The van der Waals surface area contributed by atoms with E-state index in [2.05, 4.69) is 17.5 Å². The van der Waals surface area contributed by atoms with Crippen LogP contribution in [0.4, 0.5) is 4.39 Å². The summed E-state index contributed by atoms with van der Waals surface area (Å²) in [5.74, 6) is -0.177. The Balaban J connectivity index is 0.000000980. The normalized spacial score (nSPS) is 20.2. The fraction of sp³-hybridized carbons (Fsp3) is 0.273. The highest BCUT2D eigenvalue weighted by Crippen LogP contribution is 2.17. The van der Waals surface area contributed by atoms with Gasteiger partial charge in [0.2, 0.25) is 0 Å². The van der Waals surface area contributed by atoms with Crippen LogP contribution in [0.5, 0.6) is 0 Å². The molecule has 0 fully saturated rings. The number of benzene rings is 1. The van der Waals surface area contributed by atoms with E-state index < -0.39 is 0 Å². The van der Waals surface area contributed by atoms with E-state index in [9.17, 15) is 4.39 Å². The van der Waals surface area contributed by atoms with Crippen LogP contribution in [0.3, 0.4) is 0 Å². The maximum absolute atomic E-state index is 12.6. The van der Waals surface area contributed by atoms with Crippen molar-refractivity contribution in [3.05, 3.63) is 47.8 Å². The molecule has 1 atom stereocenters. The minimum atomic E-state index is -0.177. The summed E-state index contributed by atoms with van der Waals surface area (Å²) in [4.78, 5) is 0. The van der Waals surface area contributed by atoms with Gasteiger partial charge < -0.3 is 5.32 Å². The number of nitrogens with one attached hydrogen (secondary N) is 1. The molecular weight excluding hydrogens is 201 g/mol. The molecule has 1 N–H and O–H groups in total. The highest BCUT2D eigenvalue weighted by atomic mass is 35.5. The number of hydrogen-bond acceptors (Lipinski definition) is 1. The second-order valence-corrected chi connectivity index (χ2v) is 3.20. The molecule has 0 aromatic heterocycles. The standard InChI is InChI=1S/C11H12FN.ClH/c12-10-6-4-9(5-7-10)11-3-1-2-8-13-11;/h1,3-7,11,13H,2,8H2;1H. The van der Waals surface area contributed by atoms with Gasteiger partial charge in [0.05, 0.1) is 6.04 Å². The fourth-order valence-corrected chi connectivity index (χ4v) is 1.52. The largest absolute Gasteiger partial charge is 0.306 e. The van der Waals surface area contributed by atoms with Gasteiger partial charge in [-0.15, -0.1) is 12.4 Å². The molecule has 1 aliphatic rings. The zero-order chi connectivity index (χ0) is 9.10. The van der Waals surface area contributed by atoms with Crippen LogP contribution in [0.25, 0.3) is 0 Å². The van der Waals surface area contributed by atoms with Gasteiger partial charge in [-0.2, -0.15) is 0 Å². The molecule has 0 aliphatic carbocycles. The van der Waals surface area contributed by atoms with Gasteiger partial charge in [0, 0.05) is 0 Å². The van der Waals surface area contributed by atoms with Gasteiger partial charge in [0.25, 0.3) is 0 Å². The van der Waals surface area contributed by atoms with E-state index >= 15 is 0 Å². The minimum absolute atomic E-state index is 0. The van der Waals surface area contributed by atoms with E-state index in [1.165, 1.54) is 12.1 Å². The second kappa shape index (κ2) is 5.13. The predicted molar refractivity (Wildman–Crippen MR) is 58.1 cm³/mol. The Morgan fingerprint density at radius 3 is 2.50 bits per heavy atom. The second-order valence-electron chi connectivity index (χ2n) is 3.20. The lowest BCUT2D eigenvalue weighted by atomic mass is 10.0. The Hall–Kier alpha value is -0.860. The van der Waals surface area contributed by atoms with Crippen LogP contribution in [0.15, 0.2) is 36.4 Å². The Kier molecular flexibility index (Phi) is 4.11. The molecule has 14 heavy (non-hydrogen) atoms. The zero-order valence-corrected chi connectivity index (χ0v) is 8.56. The molecule has 3 heteroatoms. The van der Waals surface area contributed by atoms with Gasteiger partial charge in [-0.25, -0.2) is 4.39 Å². The van der Waals surface area contributed by atoms with Crippen LogP contribution in [-0.4, -0.2) is 6.54 Å². The lowest BCUT2D eigenvalue weighted by Gasteiger charge is -2.18. The first-order valence-corrected chi connectivity index (χ1v) is 4.52. The fourth-order valence-electron chi connectivity index (χ4n) is 1.52. The lowest BCUT2D eigenvalue weighted by molar-refractivity contribution is 0.595. The molecule has 1 nitrogen and oxygen atoms in total. The SMILES string of the molecule is Cl.Fc1ccc(C2C=CCCN2)cc1. The number of rotatable bonds is 1. The molecule has 0 saturated heterocycles.